The Balaban J connectivity index is 2.09. The maximum absolute atomic E-state index is 12.3. The second-order valence-electron chi connectivity index (χ2n) is 4.32. The van der Waals surface area contributed by atoms with E-state index in [0.29, 0.717) is 5.69 Å². The van der Waals surface area contributed by atoms with Crippen molar-refractivity contribution in [3.63, 3.8) is 0 Å². The molecule has 2 rings (SSSR count). The number of benzene rings is 1. The first kappa shape index (κ1) is 14.0. The fourth-order valence-corrected chi connectivity index (χ4v) is 1.97. The van der Waals surface area contributed by atoms with Crippen molar-refractivity contribution in [1.82, 2.24) is 9.97 Å². The summed E-state index contributed by atoms with van der Waals surface area (Å²) in [6, 6.07) is 9.99. The summed E-state index contributed by atoms with van der Waals surface area (Å²) < 4.78 is 4.88. The van der Waals surface area contributed by atoms with Crippen molar-refractivity contribution in [3.8, 4) is 6.01 Å². The van der Waals surface area contributed by atoms with Gasteiger partial charge in [-0.25, -0.2) is 9.97 Å². The van der Waals surface area contributed by atoms with Gasteiger partial charge in [0.2, 0.25) is 5.91 Å². The van der Waals surface area contributed by atoms with Gasteiger partial charge < -0.3 is 10.1 Å². The van der Waals surface area contributed by atoms with E-state index in [1.54, 1.807) is 0 Å². The second kappa shape index (κ2) is 6.65. The number of aromatic nitrogens is 2. The van der Waals surface area contributed by atoms with Gasteiger partial charge in [-0.3, -0.25) is 4.79 Å². The van der Waals surface area contributed by atoms with Gasteiger partial charge in [0.05, 0.1) is 31.1 Å². The zero-order valence-corrected chi connectivity index (χ0v) is 11.5. The van der Waals surface area contributed by atoms with Crippen LogP contribution >= 0.6 is 0 Å². The third kappa shape index (κ3) is 3.32. The topological polar surface area (TPSA) is 64.1 Å². The molecule has 1 unspecified atom stereocenters. The van der Waals surface area contributed by atoms with Crippen molar-refractivity contribution < 1.29 is 9.53 Å². The van der Waals surface area contributed by atoms with Crippen LogP contribution < -0.4 is 10.1 Å². The molecule has 20 heavy (non-hydrogen) atoms. The smallest absolute Gasteiger partial charge is 0.316 e. The Morgan fingerprint density at radius 3 is 2.45 bits per heavy atom. The van der Waals surface area contributed by atoms with Crippen LogP contribution in [-0.2, 0) is 4.79 Å². The highest BCUT2D eigenvalue weighted by molar-refractivity contribution is 5.95. The van der Waals surface area contributed by atoms with E-state index in [1.165, 1.54) is 19.5 Å². The molecule has 1 N–H and O–H groups in total. The monoisotopic (exact) mass is 271 g/mol. The van der Waals surface area contributed by atoms with Crippen molar-refractivity contribution in [3.05, 3.63) is 48.3 Å². The Labute approximate surface area is 118 Å². The van der Waals surface area contributed by atoms with Crippen molar-refractivity contribution in [2.24, 2.45) is 0 Å². The first-order valence-corrected chi connectivity index (χ1v) is 6.46. The van der Waals surface area contributed by atoms with Crippen LogP contribution in [0.4, 0.5) is 5.69 Å². The van der Waals surface area contributed by atoms with Gasteiger partial charge in [0.1, 0.15) is 0 Å². The lowest BCUT2D eigenvalue weighted by Crippen LogP contribution is -2.20. The maximum atomic E-state index is 12.3. The molecule has 0 aliphatic carbocycles. The maximum Gasteiger partial charge on any atom is 0.316 e. The number of methoxy groups -OCH3 is 1. The summed E-state index contributed by atoms with van der Waals surface area (Å²) in [6.07, 6.45) is 3.79. The van der Waals surface area contributed by atoms with E-state index in [0.717, 1.165) is 12.0 Å². The Kier molecular flexibility index (Phi) is 4.65. The van der Waals surface area contributed by atoms with E-state index < -0.39 is 0 Å². The van der Waals surface area contributed by atoms with Crippen LogP contribution in [0.15, 0.2) is 42.7 Å². The number of hydrogen-bond acceptors (Lipinski definition) is 4. The van der Waals surface area contributed by atoms with Gasteiger partial charge in [0, 0.05) is 0 Å². The number of anilines is 1. The van der Waals surface area contributed by atoms with E-state index in [2.05, 4.69) is 15.3 Å². The average molecular weight is 271 g/mol. The summed E-state index contributed by atoms with van der Waals surface area (Å²) in [5.74, 6) is -0.245. The highest BCUT2D eigenvalue weighted by atomic mass is 16.5. The largest absolute Gasteiger partial charge is 0.467 e. The van der Waals surface area contributed by atoms with Crippen molar-refractivity contribution in [1.29, 1.82) is 0 Å². The Hall–Kier alpha value is -2.43. The molecular weight excluding hydrogens is 254 g/mol. The molecule has 0 bridgehead atoms. The van der Waals surface area contributed by atoms with Crippen LogP contribution in [0.3, 0.4) is 0 Å². The predicted octanol–water partition coefficient (Wildman–Crippen LogP) is 2.62. The lowest BCUT2D eigenvalue weighted by Gasteiger charge is -2.15. The molecule has 1 heterocycles. The number of carbonyl (C=O) groups is 1. The molecule has 0 aliphatic heterocycles. The molecule has 0 aliphatic rings. The third-order valence-corrected chi connectivity index (χ3v) is 3.00. The molecule has 1 aromatic carbocycles. The van der Waals surface area contributed by atoms with Crippen LogP contribution in [0.1, 0.15) is 24.8 Å². The minimum absolute atomic E-state index is 0.0625. The van der Waals surface area contributed by atoms with Crippen molar-refractivity contribution in [2.45, 2.75) is 19.3 Å². The van der Waals surface area contributed by atoms with Gasteiger partial charge in [0.15, 0.2) is 0 Å². The van der Waals surface area contributed by atoms with E-state index in [1.807, 2.05) is 37.3 Å². The fraction of sp³-hybridized carbons (Fsp3) is 0.267. The molecular formula is C15H17N3O2. The molecule has 5 heteroatoms. The van der Waals surface area contributed by atoms with Gasteiger partial charge in [-0.05, 0) is 12.0 Å². The molecule has 0 spiro atoms. The van der Waals surface area contributed by atoms with Crippen molar-refractivity contribution in [2.75, 3.05) is 12.4 Å². The summed E-state index contributed by atoms with van der Waals surface area (Å²) in [7, 11) is 1.50. The molecule has 104 valence electrons. The van der Waals surface area contributed by atoms with E-state index in [-0.39, 0.29) is 17.8 Å². The third-order valence-electron chi connectivity index (χ3n) is 3.00. The quantitative estimate of drug-likeness (QED) is 0.908. The summed E-state index contributed by atoms with van der Waals surface area (Å²) in [6.45, 7) is 1.99. The van der Waals surface area contributed by atoms with Gasteiger partial charge in [-0.1, -0.05) is 37.3 Å². The number of amides is 1. The molecule has 1 aromatic heterocycles. The molecule has 1 atom stereocenters. The first-order chi connectivity index (χ1) is 9.74. The molecule has 0 saturated heterocycles. The molecule has 2 aromatic rings. The number of nitrogens with one attached hydrogen (secondary N) is 1. The zero-order chi connectivity index (χ0) is 14.4. The fourth-order valence-electron chi connectivity index (χ4n) is 1.97. The molecule has 1 amide bonds. The highest BCUT2D eigenvalue weighted by Gasteiger charge is 2.18. The Bertz CT molecular complexity index is 555. The second-order valence-corrected chi connectivity index (χ2v) is 4.32. The Morgan fingerprint density at radius 2 is 1.90 bits per heavy atom. The van der Waals surface area contributed by atoms with Crippen molar-refractivity contribution >= 4 is 11.6 Å². The van der Waals surface area contributed by atoms with Gasteiger partial charge >= 0.3 is 6.01 Å². The van der Waals surface area contributed by atoms with Crippen LogP contribution in [0.25, 0.3) is 0 Å². The predicted molar refractivity (Wildman–Crippen MR) is 76.7 cm³/mol. The van der Waals surface area contributed by atoms with Crippen LogP contribution in [0, 0.1) is 0 Å². The standard InChI is InChI=1S/C15H17N3O2/c1-3-13(11-7-5-4-6-8-11)14(19)18-12-9-16-15(20-2)17-10-12/h4-10,13H,3H2,1-2H3,(H,18,19). The van der Waals surface area contributed by atoms with Crippen LogP contribution in [0.2, 0.25) is 0 Å². The SMILES string of the molecule is CCC(C(=O)Nc1cnc(OC)nc1)c1ccccc1. The normalized spacial score (nSPS) is 11.7. The zero-order valence-electron chi connectivity index (χ0n) is 11.5. The van der Waals surface area contributed by atoms with Gasteiger partial charge in [-0.15, -0.1) is 0 Å². The first-order valence-electron chi connectivity index (χ1n) is 6.46. The number of nitrogens with zero attached hydrogens (tertiary/aromatic N) is 2. The minimum Gasteiger partial charge on any atom is -0.467 e. The lowest BCUT2D eigenvalue weighted by molar-refractivity contribution is -0.117. The number of carbonyl (C=O) groups excluding carboxylic acids is 1. The lowest BCUT2D eigenvalue weighted by atomic mass is 9.95. The van der Waals surface area contributed by atoms with Crippen LogP contribution in [0.5, 0.6) is 6.01 Å². The number of rotatable bonds is 5. The average Bonchev–Trinajstić information content (AvgIpc) is 2.50. The molecule has 5 nitrogen and oxygen atoms in total. The number of hydrogen-bond donors (Lipinski definition) is 1. The number of ether oxygens (including phenoxy) is 1. The Morgan fingerprint density at radius 1 is 1.25 bits per heavy atom. The van der Waals surface area contributed by atoms with Gasteiger partial charge in [0.25, 0.3) is 0 Å². The summed E-state index contributed by atoms with van der Waals surface area (Å²) in [5.41, 5.74) is 1.56. The highest BCUT2D eigenvalue weighted by Crippen LogP contribution is 2.21. The van der Waals surface area contributed by atoms with E-state index >= 15 is 0 Å². The molecule has 0 saturated carbocycles. The summed E-state index contributed by atoms with van der Waals surface area (Å²) in [5, 5.41) is 2.82. The van der Waals surface area contributed by atoms with Gasteiger partial charge in [-0.2, -0.15) is 0 Å². The van der Waals surface area contributed by atoms with Crippen LogP contribution in [-0.4, -0.2) is 23.0 Å². The van der Waals surface area contributed by atoms with E-state index in [9.17, 15) is 4.79 Å². The summed E-state index contributed by atoms with van der Waals surface area (Å²) >= 11 is 0. The molecule has 0 fully saturated rings. The molecule has 0 radical (unpaired) electrons. The minimum atomic E-state index is -0.182. The van der Waals surface area contributed by atoms with E-state index in [4.69, 9.17) is 4.74 Å². The summed E-state index contributed by atoms with van der Waals surface area (Å²) in [4.78, 5) is 20.2.